The van der Waals surface area contributed by atoms with Gasteiger partial charge in [-0.15, -0.1) is 0 Å². The third kappa shape index (κ3) is 3.29. The molecule has 1 N–H and O–H groups in total. The van der Waals surface area contributed by atoms with E-state index in [1.807, 2.05) is 35.9 Å². The van der Waals surface area contributed by atoms with Gasteiger partial charge in [0.1, 0.15) is 0 Å². The first-order chi connectivity index (χ1) is 9.67. The molecule has 2 aliphatic heterocycles. The number of hydrogen-bond acceptors (Lipinski definition) is 4. The molecule has 0 saturated carbocycles. The number of fused-ring (bicyclic) bond motifs is 1. The topological polar surface area (TPSA) is 58.6 Å². The molecule has 0 aliphatic carbocycles. The minimum atomic E-state index is -0.143. The van der Waals surface area contributed by atoms with Gasteiger partial charge in [0.25, 0.3) is 0 Å². The van der Waals surface area contributed by atoms with Crippen LogP contribution in [0.5, 0.6) is 0 Å². The first-order valence-electron chi connectivity index (χ1n) is 7.07. The van der Waals surface area contributed by atoms with Gasteiger partial charge in [0.05, 0.1) is 19.2 Å². The highest BCUT2D eigenvalue weighted by Crippen LogP contribution is 2.37. The Kier molecular flexibility index (Phi) is 5.34. The van der Waals surface area contributed by atoms with E-state index in [9.17, 15) is 9.59 Å². The zero-order valence-electron chi connectivity index (χ0n) is 12.0. The van der Waals surface area contributed by atoms with E-state index in [1.165, 1.54) is 7.11 Å². The molecule has 0 spiro atoms. The smallest absolute Gasteiger partial charge is 0.322 e. The summed E-state index contributed by atoms with van der Waals surface area (Å²) in [5, 5.41) is 3.49. The van der Waals surface area contributed by atoms with Crippen LogP contribution in [0.4, 0.5) is 4.79 Å². The van der Waals surface area contributed by atoms with Crippen molar-refractivity contribution in [2.24, 2.45) is 0 Å². The summed E-state index contributed by atoms with van der Waals surface area (Å²) in [7, 11) is 1.42. The zero-order valence-corrected chi connectivity index (χ0v) is 12.8. The van der Waals surface area contributed by atoms with Crippen LogP contribution in [-0.4, -0.2) is 47.1 Å². The van der Waals surface area contributed by atoms with E-state index >= 15 is 0 Å². The van der Waals surface area contributed by atoms with Gasteiger partial charge >= 0.3 is 12.0 Å². The van der Waals surface area contributed by atoms with E-state index in [2.05, 4.69) is 10.1 Å². The Hall–Kier alpha value is -1.17. The molecule has 0 aromatic heterocycles. The SMILES string of the molecule is C/C=C\N1C(=O)NC2CSC(CCCCC(=O)OC)C21. The van der Waals surface area contributed by atoms with Crippen molar-refractivity contribution in [2.45, 2.75) is 49.9 Å². The molecule has 0 radical (unpaired) electrons. The van der Waals surface area contributed by atoms with Crippen molar-refractivity contribution in [3.05, 3.63) is 12.3 Å². The Bertz CT molecular complexity index is 400. The first kappa shape index (κ1) is 15.2. The lowest BCUT2D eigenvalue weighted by atomic mass is 10.0. The number of ether oxygens (including phenoxy) is 1. The molecule has 5 nitrogen and oxygen atoms in total. The van der Waals surface area contributed by atoms with Gasteiger partial charge in [0, 0.05) is 23.6 Å². The molecule has 3 atom stereocenters. The number of thioether (sulfide) groups is 1. The molecule has 6 heteroatoms. The number of urea groups is 1. The summed E-state index contributed by atoms with van der Waals surface area (Å²) in [4.78, 5) is 24.8. The third-order valence-corrected chi connectivity index (χ3v) is 5.30. The largest absolute Gasteiger partial charge is 0.469 e. The minimum absolute atomic E-state index is 0.0120. The molecule has 2 saturated heterocycles. The van der Waals surface area contributed by atoms with Gasteiger partial charge in [-0.1, -0.05) is 12.5 Å². The average molecular weight is 298 g/mol. The number of unbranched alkanes of at least 4 members (excludes halogenated alkanes) is 1. The highest BCUT2D eigenvalue weighted by atomic mass is 32.2. The molecule has 2 aliphatic rings. The van der Waals surface area contributed by atoms with Gasteiger partial charge in [-0.3, -0.25) is 9.69 Å². The Balaban J connectivity index is 1.83. The van der Waals surface area contributed by atoms with Gasteiger partial charge in [-0.05, 0) is 19.8 Å². The molecule has 0 bridgehead atoms. The van der Waals surface area contributed by atoms with E-state index in [1.54, 1.807) is 0 Å². The molecule has 0 aromatic rings. The predicted molar refractivity (Wildman–Crippen MR) is 79.5 cm³/mol. The van der Waals surface area contributed by atoms with E-state index in [-0.39, 0.29) is 24.1 Å². The van der Waals surface area contributed by atoms with Gasteiger partial charge in [0.15, 0.2) is 0 Å². The first-order valence-corrected chi connectivity index (χ1v) is 8.12. The molecule has 20 heavy (non-hydrogen) atoms. The standard InChI is InChI=1S/C14H22N2O3S/c1-3-8-16-13-10(15-14(16)18)9-20-11(13)6-4-5-7-12(17)19-2/h3,8,10-11,13H,4-7,9H2,1-2H3,(H,15,18)/b8-3-. The lowest BCUT2D eigenvalue weighted by Gasteiger charge is -2.24. The van der Waals surface area contributed by atoms with Crippen LogP contribution in [0.2, 0.25) is 0 Å². The lowest BCUT2D eigenvalue weighted by Crippen LogP contribution is -2.37. The number of nitrogens with zero attached hydrogens (tertiary/aromatic N) is 1. The summed E-state index contributed by atoms with van der Waals surface area (Å²) >= 11 is 1.92. The number of rotatable bonds is 6. The summed E-state index contributed by atoms with van der Waals surface area (Å²) in [6.07, 6.45) is 7.14. The number of esters is 1. The molecule has 2 rings (SSSR count). The van der Waals surface area contributed by atoms with Crippen LogP contribution in [0.25, 0.3) is 0 Å². The van der Waals surface area contributed by atoms with Crippen molar-refractivity contribution in [2.75, 3.05) is 12.9 Å². The van der Waals surface area contributed by atoms with E-state index in [0.29, 0.717) is 11.7 Å². The fraction of sp³-hybridized carbons (Fsp3) is 0.714. The summed E-state index contributed by atoms with van der Waals surface area (Å²) in [5.74, 6) is 0.835. The fourth-order valence-corrected chi connectivity index (χ4v) is 4.44. The zero-order chi connectivity index (χ0) is 14.5. The van der Waals surface area contributed by atoms with Gasteiger partial charge in [0.2, 0.25) is 0 Å². The highest BCUT2D eigenvalue weighted by Gasteiger charge is 2.47. The van der Waals surface area contributed by atoms with Crippen LogP contribution in [0.15, 0.2) is 12.3 Å². The number of methoxy groups -OCH3 is 1. The second kappa shape index (κ2) is 7.02. The van der Waals surface area contributed by atoms with Gasteiger partial charge in [-0.25, -0.2) is 4.79 Å². The summed E-state index contributed by atoms with van der Waals surface area (Å²) in [5.41, 5.74) is 0. The molecule has 2 fully saturated rings. The molecule has 2 amide bonds. The fourth-order valence-electron chi connectivity index (χ4n) is 2.85. The van der Waals surface area contributed by atoms with Crippen molar-refractivity contribution in [3.63, 3.8) is 0 Å². The average Bonchev–Trinajstić information content (AvgIpc) is 2.96. The van der Waals surface area contributed by atoms with Gasteiger partial charge < -0.3 is 10.1 Å². The summed E-state index contributed by atoms with van der Waals surface area (Å²) in [6.45, 7) is 1.92. The van der Waals surface area contributed by atoms with E-state index in [4.69, 9.17) is 0 Å². The summed E-state index contributed by atoms with van der Waals surface area (Å²) < 4.78 is 4.64. The quantitative estimate of drug-likeness (QED) is 0.464. The maximum Gasteiger partial charge on any atom is 0.322 e. The van der Waals surface area contributed by atoms with Crippen molar-refractivity contribution < 1.29 is 14.3 Å². The predicted octanol–water partition coefficient (Wildman–Crippen LogP) is 2.13. The van der Waals surface area contributed by atoms with Gasteiger partial charge in [-0.2, -0.15) is 11.8 Å². The van der Waals surface area contributed by atoms with Crippen molar-refractivity contribution in [1.29, 1.82) is 0 Å². The number of allylic oxidation sites excluding steroid dienone is 1. The van der Waals surface area contributed by atoms with Crippen LogP contribution >= 0.6 is 11.8 Å². The molecule has 112 valence electrons. The second-order valence-corrected chi connectivity index (χ2v) is 6.40. The number of amides is 2. The summed E-state index contributed by atoms with van der Waals surface area (Å²) in [6, 6.07) is 0.522. The molecular weight excluding hydrogens is 276 g/mol. The second-order valence-electron chi connectivity index (χ2n) is 5.13. The van der Waals surface area contributed by atoms with Crippen LogP contribution in [0, 0.1) is 0 Å². The van der Waals surface area contributed by atoms with Crippen LogP contribution in [0.3, 0.4) is 0 Å². The highest BCUT2D eigenvalue weighted by molar-refractivity contribution is 8.00. The third-order valence-electron chi connectivity index (χ3n) is 3.80. The molecule has 3 unspecified atom stereocenters. The monoisotopic (exact) mass is 298 g/mol. The Labute approximate surface area is 124 Å². The normalized spacial score (nSPS) is 28.8. The number of hydrogen-bond donors (Lipinski definition) is 1. The van der Waals surface area contributed by atoms with Crippen molar-refractivity contribution in [1.82, 2.24) is 10.2 Å². The van der Waals surface area contributed by atoms with E-state index in [0.717, 1.165) is 25.0 Å². The number of carbonyl (C=O) groups excluding carboxylic acids is 2. The maximum atomic E-state index is 11.9. The number of carbonyl (C=O) groups is 2. The van der Waals surface area contributed by atoms with Crippen LogP contribution in [0.1, 0.15) is 32.6 Å². The molecular formula is C14H22N2O3S. The Morgan fingerprint density at radius 1 is 1.55 bits per heavy atom. The van der Waals surface area contributed by atoms with E-state index < -0.39 is 0 Å². The van der Waals surface area contributed by atoms with Crippen LogP contribution < -0.4 is 5.32 Å². The Morgan fingerprint density at radius 3 is 3.05 bits per heavy atom. The minimum Gasteiger partial charge on any atom is -0.469 e. The van der Waals surface area contributed by atoms with Crippen LogP contribution in [-0.2, 0) is 9.53 Å². The van der Waals surface area contributed by atoms with Crippen molar-refractivity contribution >= 4 is 23.8 Å². The maximum absolute atomic E-state index is 11.9. The van der Waals surface area contributed by atoms with Crippen molar-refractivity contribution in [3.8, 4) is 0 Å². The Morgan fingerprint density at radius 2 is 2.35 bits per heavy atom. The molecule has 2 heterocycles. The molecule has 0 aromatic carbocycles. The number of nitrogens with one attached hydrogen (secondary N) is 1. The lowest BCUT2D eigenvalue weighted by molar-refractivity contribution is -0.140.